The summed E-state index contributed by atoms with van der Waals surface area (Å²) in [4.78, 5) is 18.2. The van der Waals surface area contributed by atoms with Crippen molar-refractivity contribution in [1.29, 1.82) is 0 Å². The van der Waals surface area contributed by atoms with Gasteiger partial charge in [-0.1, -0.05) is 0 Å². The molecule has 0 amide bonds. The topological polar surface area (TPSA) is 71.8 Å². The van der Waals surface area contributed by atoms with E-state index in [-0.39, 0.29) is 5.56 Å². The third-order valence-corrected chi connectivity index (χ3v) is 2.01. The minimum atomic E-state index is -0.600. The molecule has 0 atom stereocenters. The van der Waals surface area contributed by atoms with Crippen LogP contribution in [0.5, 0.6) is 0 Å². The molecule has 3 N–H and O–H groups in total. The summed E-state index contributed by atoms with van der Waals surface area (Å²) in [7, 11) is 0. The number of aromatic nitrogens is 2. The van der Waals surface area contributed by atoms with Gasteiger partial charge in [0.2, 0.25) is 0 Å². The van der Waals surface area contributed by atoms with Gasteiger partial charge in [-0.3, -0.25) is 4.79 Å². The van der Waals surface area contributed by atoms with Crippen molar-refractivity contribution in [1.82, 2.24) is 9.97 Å². The molecule has 0 aliphatic carbocycles. The first-order valence-electron chi connectivity index (χ1n) is 4.19. The van der Waals surface area contributed by atoms with Crippen LogP contribution in [0.2, 0.25) is 0 Å². The summed E-state index contributed by atoms with van der Waals surface area (Å²) in [6, 6.07) is 0. The Kier molecular flexibility index (Phi) is 2.26. The third-order valence-electron chi connectivity index (χ3n) is 2.01. The molecule has 0 radical (unpaired) electrons. The smallest absolute Gasteiger partial charge is 0.254 e. The molecule has 0 fully saturated rings. The molecule has 0 spiro atoms. The number of H-pyrrole nitrogens is 1. The van der Waals surface area contributed by atoms with Gasteiger partial charge >= 0.3 is 0 Å². The Hall–Kier alpha value is -1.16. The molecule has 1 rings (SSSR count). The van der Waals surface area contributed by atoms with E-state index in [2.05, 4.69) is 9.97 Å². The van der Waals surface area contributed by atoms with Crippen molar-refractivity contribution in [2.75, 3.05) is 0 Å². The highest BCUT2D eigenvalue weighted by Crippen LogP contribution is 2.10. The molecule has 0 aliphatic rings. The molecule has 1 aromatic rings. The summed E-state index contributed by atoms with van der Waals surface area (Å²) in [5.41, 5.74) is 6.48. The zero-order chi connectivity index (χ0) is 10.2. The lowest BCUT2D eigenvalue weighted by Gasteiger charge is -2.17. The molecule has 0 aliphatic heterocycles. The summed E-state index contributed by atoms with van der Waals surface area (Å²) < 4.78 is 0. The Morgan fingerprint density at radius 2 is 1.92 bits per heavy atom. The minimum Gasteiger partial charge on any atom is -0.319 e. The van der Waals surface area contributed by atoms with Crippen LogP contribution in [-0.4, -0.2) is 9.97 Å². The maximum absolute atomic E-state index is 11.4. The van der Waals surface area contributed by atoms with E-state index in [9.17, 15) is 4.79 Å². The van der Waals surface area contributed by atoms with E-state index in [1.807, 2.05) is 0 Å². The quantitative estimate of drug-likeness (QED) is 0.665. The van der Waals surface area contributed by atoms with E-state index in [4.69, 9.17) is 5.73 Å². The maximum Gasteiger partial charge on any atom is 0.254 e. The van der Waals surface area contributed by atoms with E-state index < -0.39 is 5.54 Å². The van der Waals surface area contributed by atoms with Crippen LogP contribution in [-0.2, 0) is 5.54 Å². The summed E-state index contributed by atoms with van der Waals surface area (Å²) in [5, 5.41) is 0. The van der Waals surface area contributed by atoms with Crippen LogP contribution in [0, 0.1) is 13.8 Å². The van der Waals surface area contributed by atoms with Crippen LogP contribution in [0.1, 0.15) is 30.9 Å². The first-order chi connectivity index (χ1) is 5.82. The lowest BCUT2D eigenvalue weighted by atomic mass is 10.1. The van der Waals surface area contributed by atoms with Gasteiger partial charge in [0.05, 0.1) is 5.54 Å². The Morgan fingerprint density at radius 1 is 1.38 bits per heavy atom. The van der Waals surface area contributed by atoms with Crippen molar-refractivity contribution >= 4 is 0 Å². The van der Waals surface area contributed by atoms with Crippen LogP contribution < -0.4 is 11.3 Å². The van der Waals surface area contributed by atoms with Gasteiger partial charge in [-0.15, -0.1) is 0 Å². The molecule has 1 heterocycles. The van der Waals surface area contributed by atoms with Crippen molar-refractivity contribution in [2.45, 2.75) is 33.2 Å². The molecule has 72 valence electrons. The van der Waals surface area contributed by atoms with Crippen LogP contribution in [0.4, 0.5) is 0 Å². The normalized spacial score (nSPS) is 11.8. The molecule has 4 nitrogen and oxygen atoms in total. The summed E-state index contributed by atoms with van der Waals surface area (Å²) in [5.74, 6) is 0.528. The van der Waals surface area contributed by atoms with E-state index >= 15 is 0 Å². The van der Waals surface area contributed by atoms with Crippen molar-refractivity contribution in [3.8, 4) is 0 Å². The third kappa shape index (κ3) is 1.95. The summed E-state index contributed by atoms with van der Waals surface area (Å²) in [6.45, 7) is 7.16. The molecular weight excluding hydrogens is 166 g/mol. The zero-order valence-electron chi connectivity index (χ0n) is 8.43. The zero-order valence-corrected chi connectivity index (χ0v) is 8.43. The molecule has 1 aromatic heterocycles. The molecular formula is C9H15N3O. The van der Waals surface area contributed by atoms with E-state index in [0.29, 0.717) is 11.4 Å². The first-order valence-corrected chi connectivity index (χ1v) is 4.19. The first kappa shape index (κ1) is 9.92. The number of nitrogens with zero attached hydrogens (tertiary/aromatic N) is 1. The molecule has 13 heavy (non-hydrogen) atoms. The van der Waals surface area contributed by atoms with E-state index in [1.54, 1.807) is 27.7 Å². The van der Waals surface area contributed by atoms with Crippen LogP contribution >= 0.6 is 0 Å². The average molecular weight is 181 g/mol. The number of aryl methyl sites for hydroxylation is 1. The second kappa shape index (κ2) is 2.96. The fraction of sp³-hybridized carbons (Fsp3) is 0.556. The molecule has 0 unspecified atom stereocenters. The van der Waals surface area contributed by atoms with E-state index in [0.717, 1.165) is 5.69 Å². The lowest BCUT2D eigenvalue weighted by Crippen LogP contribution is -2.34. The minimum absolute atomic E-state index is 0.110. The lowest BCUT2D eigenvalue weighted by molar-refractivity contribution is 0.509. The number of hydrogen-bond donors (Lipinski definition) is 2. The van der Waals surface area contributed by atoms with Gasteiger partial charge in [0.1, 0.15) is 5.82 Å². The molecule has 4 heteroatoms. The SMILES string of the molecule is Cc1nc(C(C)(C)N)[nH]c(=O)c1C. The van der Waals surface area contributed by atoms with E-state index in [1.165, 1.54) is 0 Å². The van der Waals surface area contributed by atoms with Gasteiger partial charge < -0.3 is 10.7 Å². The Bertz CT molecular complexity index is 373. The largest absolute Gasteiger partial charge is 0.319 e. The van der Waals surface area contributed by atoms with Crippen molar-refractivity contribution in [2.24, 2.45) is 5.73 Å². The average Bonchev–Trinajstić information content (AvgIpc) is 1.97. The second-order valence-corrected chi connectivity index (χ2v) is 3.85. The summed E-state index contributed by atoms with van der Waals surface area (Å²) in [6.07, 6.45) is 0. The Balaban J connectivity index is 3.38. The fourth-order valence-corrected chi connectivity index (χ4v) is 0.950. The molecule has 0 saturated carbocycles. The van der Waals surface area contributed by atoms with Crippen molar-refractivity contribution < 1.29 is 0 Å². The molecule has 0 bridgehead atoms. The highest BCUT2D eigenvalue weighted by atomic mass is 16.1. The van der Waals surface area contributed by atoms with Gasteiger partial charge in [-0.2, -0.15) is 0 Å². The van der Waals surface area contributed by atoms with Crippen molar-refractivity contribution in [3.05, 3.63) is 27.4 Å². The predicted octanol–water partition coefficient (Wildman–Crippen LogP) is 0.581. The Labute approximate surface area is 77.2 Å². The van der Waals surface area contributed by atoms with Gasteiger partial charge in [0.25, 0.3) is 5.56 Å². The van der Waals surface area contributed by atoms with Gasteiger partial charge in [0.15, 0.2) is 0 Å². The predicted molar refractivity (Wildman–Crippen MR) is 51.5 cm³/mol. The second-order valence-electron chi connectivity index (χ2n) is 3.85. The van der Waals surface area contributed by atoms with Crippen LogP contribution in [0.25, 0.3) is 0 Å². The van der Waals surface area contributed by atoms with Crippen molar-refractivity contribution in [3.63, 3.8) is 0 Å². The highest BCUT2D eigenvalue weighted by Gasteiger charge is 2.18. The van der Waals surface area contributed by atoms with Crippen LogP contribution in [0.3, 0.4) is 0 Å². The highest BCUT2D eigenvalue weighted by molar-refractivity contribution is 5.16. The number of rotatable bonds is 1. The number of hydrogen-bond acceptors (Lipinski definition) is 3. The molecule has 0 aromatic carbocycles. The van der Waals surface area contributed by atoms with Gasteiger partial charge in [0, 0.05) is 11.3 Å². The number of nitrogens with two attached hydrogens (primary N) is 1. The Morgan fingerprint density at radius 3 is 2.31 bits per heavy atom. The summed E-state index contributed by atoms with van der Waals surface area (Å²) >= 11 is 0. The number of aromatic amines is 1. The standard InChI is InChI=1S/C9H15N3O/c1-5-6(2)11-8(9(3,4)10)12-7(5)13/h10H2,1-4H3,(H,11,12,13). The van der Waals surface area contributed by atoms with Crippen LogP contribution in [0.15, 0.2) is 4.79 Å². The fourth-order valence-electron chi connectivity index (χ4n) is 0.950. The monoisotopic (exact) mass is 181 g/mol. The molecule has 0 saturated heterocycles. The van der Waals surface area contributed by atoms with Gasteiger partial charge in [-0.05, 0) is 27.7 Å². The number of nitrogens with one attached hydrogen (secondary N) is 1. The maximum atomic E-state index is 11.4. The van der Waals surface area contributed by atoms with Gasteiger partial charge in [-0.25, -0.2) is 4.98 Å².